The Morgan fingerprint density at radius 2 is 1.54 bits per heavy atom. The van der Waals surface area contributed by atoms with E-state index < -0.39 is 10.2 Å². The Balaban J connectivity index is 1.62. The molecule has 1 aromatic heterocycles. The summed E-state index contributed by atoms with van der Waals surface area (Å²) in [5, 5.41) is 0. The fourth-order valence-corrected chi connectivity index (χ4v) is 3.83. The normalized spacial score (nSPS) is 16.2. The van der Waals surface area contributed by atoms with Gasteiger partial charge in [0, 0.05) is 38.1 Å². The highest BCUT2D eigenvalue weighted by Gasteiger charge is 2.27. The van der Waals surface area contributed by atoms with E-state index in [4.69, 9.17) is 0 Å². The first-order chi connectivity index (χ1) is 11.4. The summed E-state index contributed by atoms with van der Waals surface area (Å²) in [5.74, 6) is 0.349. The first-order valence-corrected chi connectivity index (χ1v) is 9.40. The second-order valence-corrected chi connectivity index (χ2v) is 7.72. The monoisotopic (exact) mass is 346 g/mol. The fraction of sp³-hybridized carbons (Fsp3) is 0.353. The first kappa shape index (κ1) is 16.7. The quantitative estimate of drug-likeness (QED) is 0.921. The standard InChI is InChI=1S/C17H22N4O2S/c1-14-3-6-16(7-4-14)20-9-11-21(12-10-20)24(22,23)19-17-8-5-15(2)13-18-17/h3-8,13H,9-12H2,1-2H3,(H,18,19). The van der Waals surface area contributed by atoms with Crippen LogP contribution in [-0.2, 0) is 10.2 Å². The highest BCUT2D eigenvalue weighted by molar-refractivity contribution is 7.90. The third kappa shape index (κ3) is 3.85. The number of aryl methyl sites for hydroxylation is 2. The van der Waals surface area contributed by atoms with Crippen molar-refractivity contribution in [3.05, 3.63) is 53.7 Å². The van der Waals surface area contributed by atoms with Gasteiger partial charge in [0.25, 0.3) is 0 Å². The largest absolute Gasteiger partial charge is 0.369 e. The number of hydrogen-bond donors (Lipinski definition) is 1. The zero-order chi connectivity index (χ0) is 17.2. The number of benzene rings is 1. The number of nitrogens with zero attached hydrogens (tertiary/aromatic N) is 3. The number of aromatic nitrogens is 1. The molecule has 0 bridgehead atoms. The lowest BCUT2D eigenvalue weighted by Gasteiger charge is -2.35. The maximum atomic E-state index is 12.5. The van der Waals surface area contributed by atoms with Gasteiger partial charge in [-0.1, -0.05) is 23.8 Å². The number of nitrogens with one attached hydrogen (secondary N) is 1. The van der Waals surface area contributed by atoms with Crippen LogP contribution in [0.1, 0.15) is 11.1 Å². The summed E-state index contributed by atoms with van der Waals surface area (Å²) >= 11 is 0. The lowest BCUT2D eigenvalue weighted by Crippen LogP contribution is -2.50. The third-order valence-corrected chi connectivity index (χ3v) is 5.63. The van der Waals surface area contributed by atoms with Gasteiger partial charge >= 0.3 is 10.2 Å². The van der Waals surface area contributed by atoms with Crippen LogP contribution in [0, 0.1) is 13.8 Å². The van der Waals surface area contributed by atoms with Gasteiger partial charge in [-0.2, -0.15) is 12.7 Å². The molecule has 1 aliphatic rings. The summed E-state index contributed by atoms with van der Waals surface area (Å²) in [6, 6.07) is 11.8. The van der Waals surface area contributed by atoms with Gasteiger partial charge in [0.1, 0.15) is 5.82 Å². The second kappa shape index (κ2) is 6.78. The van der Waals surface area contributed by atoms with E-state index in [1.807, 2.05) is 13.0 Å². The van der Waals surface area contributed by atoms with E-state index >= 15 is 0 Å². The van der Waals surface area contributed by atoms with Crippen LogP contribution in [-0.4, -0.2) is 43.9 Å². The van der Waals surface area contributed by atoms with Crippen molar-refractivity contribution in [2.75, 3.05) is 35.8 Å². The van der Waals surface area contributed by atoms with Crippen molar-refractivity contribution in [3.63, 3.8) is 0 Å². The number of rotatable bonds is 4. The molecule has 7 heteroatoms. The molecule has 24 heavy (non-hydrogen) atoms. The van der Waals surface area contributed by atoms with Gasteiger partial charge in [-0.15, -0.1) is 0 Å². The summed E-state index contributed by atoms with van der Waals surface area (Å²) in [6.45, 7) is 6.22. The smallest absolute Gasteiger partial charge is 0.302 e. The molecule has 1 fully saturated rings. The molecule has 2 heterocycles. The Hall–Kier alpha value is -2.12. The summed E-state index contributed by atoms with van der Waals surface area (Å²) in [7, 11) is -3.57. The van der Waals surface area contributed by atoms with Crippen molar-refractivity contribution in [3.8, 4) is 0 Å². The molecule has 128 valence electrons. The maximum absolute atomic E-state index is 12.5. The second-order valence-electron chi connectivity index (χ2n) is 6.05. The van der Waals surface area contributed by atoms with E-state index in [2.05, 4.69) is 45.8 Å². The molecule has 3 rings (SSSR count). The molecule has 1 aromatic carbocycles. The molecule has 0 spiro atoms. The summed E-state index contributed by atoms with van der Waals surface area (Å²) < 4.78 is 29.0. The van der Waals surface area contributed by atoms with Crippen LogP contribution in [0.15, 0.2) is 42.6 Å². The van der Waals surface area contributed by atoms with E-state index in [-0.39, 0.29) is 0 Å². The Bertz CT molecular complexity index is 780. The van der Waals surface area contributed by atoms with Crippen molar-refractivity contribution in [2.45, 2.75) is 13.8 Å². The number of pyridine rings is 1. The van der Waals surface area contributed by atoms with Crippen molar-refractivity contribution in [2.24, 2.45) is 0 Å². The van der Waals surface area contributed by atoms with Gasteiger partial charge in [0.15, 0.2) is 0 Å². The molecular formula is C17H22N4O2S. The van der Waals surface area contributed by atoms with Gasteiger partial charge in [-0.25, -0.2) is 4.98 Å². The van der Waals surface area contributed by atoms with Crippen molar-refractivity contribution in [1.29, 1.82) is 0 Å². The lowest BCUT2D eigenvalue weighted by molar-refractivity contribution is 0.387. The Kier molecular flexibility index (Phi) is 4.73. The van der Waals surface area contributed by atoms with Crippen LogP contribution in [0.5, 0.6) is 0 Å². The minimum atomic E-state index is -3.57. The summed E-state index contributed by atoms with van der Waals surface area (Å²) in [5.41, 5.74) is 3.34. The minimum absolute atomic E-state index is 0.349. The maximum Gasteiger partial charge on any atom is 0.302 e. The van der Waals surface area contributed by atoms with Gasteiger partial charge < -0.3 is 4.90 Å². The molecule has 0 saturated carbocycles. The van der Waals surface area contributed by atoms with Gasteiger partial charge in [-0.3, -0.25) is 4.72 Å². The lowest BCUT2D eigenvalue weighted by atomic mass is 10.2. The topological polar surface area (TPSA) is 65.5 Å². The van der Waals surface area contributed by atoms with E-state index in [0.717, 1.165) is 11.3 Å². The van der Waals surface area contributed by atoms with E-state index in [9.17, 15) is 8.42 Å². The molecule has 0 radical (unpaired) electrons. The van der Waals surface area contributed by atoms with Crippen LogP contribution < -0.4 is 9.62 Å². The molecule has 0 atom stereocenters. The Labute approximate surface area is 143 Å². The molecule has 6 nitrogen and oxygen atoms in total. The first-order valence-electron chi connectivity index (χ1n) is 7.96. The molecule has 2 aromatic rings. The number of hydrogen-bond acceptors (Lipinski definition) is 4. The van der Waals surface area contributed by atoms with Crippen LogP contribution in [0.25, 0.3) is 0 Å². The SMILES string of the molecule is Cc1ccc(N2CCN(S(=O)(=O)Nc3ccc(C)cn3)CC2)cc1. The van der Waals surface area contributed by atoms with E-state index in [0.29, 0.717) is 32.0 Å². The van der Waals surface area contributed by atoms with Gasteiger partial charge in [-0.05, 0) is 37.6 Å². The molecule has 1 aliphatic heterocycles. The summed E-state index contributed by atoms with van der Waals surface area (Å²) in [4.78, 5) is 6.31. The van der Waals surface area contributed by atoms with Crippen LogP contribution in [0.3, 0.4) is 0 Å². The van der Waals surface area contributed by atoms with Gasteiger partial charge in [0.2, 0.25) is 0 Å². The average molecular weight is 346 g/mol. The summed E-state index contributed by atoms with van der Waals surface area (Å²) in [6.07, 6.45) is 1.65. The van der Waals surface area contributed by atoms with Crippen LogP contribution >= 0.6 is 0 Å². The van der Waals surface area contributed by atoms with Crippen molar-refractivity contribution < 1.29 is 8.42 Å². The molecule has 0 unspecified atom stereocenters. The molecular weight excluding hydrogens is 324 g/mol. The highest BCUT2D eigenvalue weighted by Crippen LogP contribution is 2.19. The van der Waals surface area contributed by atoms with Crippen LogP contribution in [0.4, 0.5) is 11.5 Å². The molecule has 0 aliphatic carbocycles. The molecule has 1 saturated heterocycles. The predicted molar refractivity (Wildman–Crippen MR) is 96.5 cm³/mol. The predicted octanol–water partition coefficient (Wildman–Crippen LogP) is 2.18. The molecule has 0 amide bonds. The zero-order valence-corrected chi connectivity index (χ0v) is 14.8. The third-order valence-electron chi connectivity index (χ3n) is 4.12. The fourth-order valence-electron chi connectivity index (χ4n) is 2.67. The number of anilines is 2. The number of piperazine rings is 1. The van der Waals surface area contributed by atoms with Crippen molar-refractivity contribution >= 4 is 21.7 Å². The van der Waals surface area contributed by atoms with Crippen LogP contribution in [0.2, 0.25) is 0 Å². The highest BCUT2D eigenvalue weighted by atomic mass is 32.2. The Morgan fingerprint density at radius 1 is 0.917 bits per heavy atom. The average Bonchev–Trinajstić information content (AvgIpc) is 2.58. The minimum Gasteiger partial charge on any atom is -0.369 e. The van der Waals surface area contributed by atoms with Gasteiger partial charge in [0.05, 0.1) is 0 Å². The van der Waals surface area contributed by atoms with E-state index in [1.54, 1.807) is 12.3 Å². The van der Waals surface area contributed by atoms with E-state index in [1.165, 1.54) is 9.87 Å². The molecule has 1 N–H and O–H groups in total. The Morgan fingerprint density at radius 3 is 2.12 bits per heavy atom. The van der Waals surface area contributed by atoms with Crippen molar-refractivity contribution in [1.82, 2.24) is 9.29 Å². The zero-order valence-electron chi connectivity index (χ0n) is 13.9.